The highest BCUT2D eigenvalue weighted by molar-refractivity contribution is 7.89. The van der Waals surface area contributed by atoms with E-state index in [-0.39, 0.29) is 10.9 Å². The summed E-state index contributed by atoms with van der Waals surface area (Å²) in [7, 11) is -1.85. The van der Waals surface area contributed by atoms with Crippen LogP contribution in [-0.2, 0) is 10.0 Å². The first-order chi connectivity index (χ1) is 8.01. The van der Waals surface area contributed by atoms with E-state index < -0.39 is 10.0 Å². The predicted molar refractivity (Wildman–Crippen MR) is 68.5 cm³/mol. The van der Waals surface area contributed by atoms with E-state index in [0.717, 1.165) is 12.8 Å². The molecular weight excluding hydrogens is 238 g/mol. The average Bonchev–Trinajstić information content (AvgIpc) is 2.28. The lowest BCUT2D eigenvalue weighted by molar-refractivity contribution is 0.544. The molecule has 1 heterocycles. The van der Waals surface area contributed by atoms with Crippen molar-refractivity contribution in [2.75, 3.05) is 12.4 Å². The summed E-state index contributed by atoms with van der Waals surface area (Å²) < 4.78 is 26.9. The molecule has 0 fully saturated rings. The van der Waals surface area contributed by atoms with Crippen molar-refractivity contribution in [2.24, 2.45) is 0 Å². The van der Waals surface area contributed by atoms with Crippen LogP contribution in [0.1, 0.15) is 26.7 Å². The minimum Gasteiger partial charge on any atom is -0.372 e. The molecule has 17 heavy (non-hydrogen) atoms. The molecule has 0 saturated carbocycles. The number of rotatable bonds is 6. The van der Waals surface area contributed by atoms with Gasteiger partial charge in [0.05, 0.1) is 0 Å². The minimum atomic E-state index is -3.50. The van der Waals surface area contributed by atoms with Crippen molar-refractivity contribution in [3.63, 3.8) is 0 Å². The molecule has 0 aliphatic carbocycles. The van der Waals surface area contributed by atoms with Gasteiger partial charge in [0, 0.05) is 19.3 Å². The van der Waals surface area contributed by atoms with Crippen molar-refractivity contribution in [2.45, 2.75) is 37.6 Å². The zero-order valence-corrected chi connectivity index (χ0v) is 11.2. The van der Waals surface area contributed by atoms with E-state index in [2.05, 4.69) is 15.0 Å². The van der Waals surface area contributed by atoms with E-state index in [4.69, 9.17) is 0 Å². The maximum absolute atomic E-state index is 12.1. The number of hydrogen-bond acceptors (Lipinski definition) is 4. The van der Waals surface area contributed by atoms with Crippen LogP contribution in [0.5, 0.6) is 0 Å². The van der Waals surface area contributed by atoms with E-state index in [9.17, 15) is 8.42 Å². The maximum atomic E-state index is 12.1. The molecule has 0 spiro atoms. The second kappa shape index (κ2) is 5.97. The van der Waals surface area contributed by atoms with Crippen LogP contribution >= 0.6 is 0 Å². The molecule has 0 aliphatic rings. The van der Waals surface area contributed by atoms with Crippen molar-refractivity contribution in [3.05, 3.63) is 18.3 Å². The fourth-order valence-electron chi connectivity index (χ4n) is 1.62. The molecule has 0 aromatic carbocycles. The van der Waals surface area contributed by atoms with E-state index in [1.807, 2.05) is 13.8 Å². The molecule has 96 valence electrons. The summed E-state index contributed by atoms with van der Waals surface area (Å²) >= 11 is 0. The summed E-state index contributed by atoms with van der Waals surface area (Å²) in [5.74, 6) is 0.365. The number of anilines is 1. The van der Waals surface area contributed by atoms with Crippen LogP contribution < -0.4 is 10.0 Å². The molecule has 0 aliphatic heterocycles. The number of aromatic nitrogens is 1. The smallest absolute Gasteiger partial charge is 0.244 e. The molecule has 1 atom stereocenters. The van der Waals surface area contributed by atoms with Gasteiger partial charge in [0.2, 0.25) is 10.0 Å². The summed E-state index contributed by atoms with van der Waals surface area (Å²) in [6.07, 6.45) is 3.31. The fraction of sp³-hybridized carbons (Fsp3) is 0.545. The maximum Gasteiger partial charge on any atom is 0.244 e. The zero-order chi connectivity index (χ0) is 12.9. The first-order valence-corrected chi connectivity index (χ1v) is 7.14. The van der Waals surface area contributed by atoms with Crippen LogP contribution in [0.2, 0.25) is 0 Å². The van der Waals surface area contributed by atoms with Crippen LogP contribution in [0.15, 0.2) is 23.2 Å². The van der Waals surface area contributed by atoms with Gasteiger partial charge in [-0.15, -0.1) is 0 Å². The molecule has 0 radical (unpaired) electrons. The highest BCUT2D eigenvalue weighted by atomic mass is 32.2. The van der Waals surface area contributed by atoms with Gasteiger partial charge in [-0.05, 0) is 25.5 Å². The SMILES string of the molecule is CCCC(C)NS(=O)(=O)c1cccnc1NC. The monoisotopic (exact) mass is 257 g/mol. The highest BCUT2D eigenvalue weighted by Crippen LogP contribution is 2.17. The topological polar surface area (TPSA) is 71.1 Å². The van der Waals surface area contributed by atoms with Crippen molar-refractivity contribution in [3.8, 4) is 0 Å². The first kappa shape index (κ1) is 13.9. The van der Waals surface area contributed by atoms with Gasteiger partial charge < -0.3 is 5.32 Å². The van der Waals surface area contributed by atoms with Gasteiger partial charge in [-0.2, -0.15) is 0 Å². The molecule has 2 N–H and O–H groups in total. The van der Waals surface area contributed by atoms with Gasteiger partial charge in [-0.25, -0.2) is 18.1 Å². The number of nitrogens with zero attached hydrogens (tertiary/aromatic N) is 1. The lowest BCUT2D eigenvalue weighted by Gasteiger charge is -2.14. The lowest BCUT2D eigenvalue weighted by atomic mass is 10.2. The molecule has 0 bridgehead atoms. The molecule has 6 heteroatoms. The molecule has 1 rings (SSSR count). The van der Waals surface area contributed by atoms with Gasteiger partial charge in [0.1, 0.15) is 10.7 Å². The summed E-state index contributed by atoms with van der Waals surface area (Å²) in [5.41, 5.74) is 0. The van der Waals surface area contributed by atoms with E-state index in [0.29, 0.717) is 5.82 Å². The van der Waals surface area contributed by atoms with E-state index >= 15 is 0 Å². The van der Waals surface area contributed by atoms with Crippen molar-refractivity contribution < 1.29 is 8.42 Å². The van der Waals surface area contributed by atoms with Crippen LogP contribution in [0, 0.1) is 0 Å². The molecule has 0 amide bonds. The molecule has 1 aromatic rings. The van der Waals surface area contributed by atoms with Gasteiger partial charge in [-0.1, -0.05) is 13.3 Å². The Balaban J connectivity index is 2.97. The molecule has 1 unspecified atom stereocenters. The standard InChI is InChI=1S/C11H19N3O2S/c1-4-6-9(2)14-17(15,16)10-7-5-8-13-11(10)12-3/h5,7-9,14H,4,6H2,1-3H3,(H,12,13). The Morgan fingerprint density at radius 3 is 2.76 bits per heavy atom. The minimum absolute atomic E-state index is 0.0742. The molecule has 1 aromatic heterocycles. The second-order valence-corrected chi connectivity index (χ2v) is 5.59. The number of pyridine rings is 1. The normalized spacial score (nSPS) is 13.4. The lowest BCUT2D eigenvalue weighted by Crippen LogP contribution is -2.32. The second-order valence-electron chi connectivity index (χ2n) is 3.91. The Hall–Kier alpha value is -1.14. The van der Waals surface area contributed by atoms with Gasteiger partial charge >= 0.3 is 0 Å². The Kier molecular flexibility index (Phi) is 4.89. The van der Waals surface area contributed by atoms with E-state index in [1.54, 1.807) is 25.4 Å². The molecule has 0 saturated heterocycles. The Morgan fingerprint density at radius 1 is 1.47 bits per heavy atom. The molecular formula is C11H19N3O2S. The van der Waals surface area contributed by atoms with Crippen molar-refractivity contribution >= 4 is 15.8 Å². The summed E-state index contributed by atoms with van der Waals surface area (Å²) in [4.78, 5) is 4.17. The third-order valence-corrected chi connectivity index (χ3v) is 4.00. The van der Waals surface area contributed by atoms with E-state index in [1.165, 1.54) is 0 Å². The third kappa shape index (κ3) is 3.67. The third-order valence-electron chi connectivity index (χ3n) is 2.38. The van der Waals surface area contributed by atoms with Gasteiger partial charge in [0.25, 0.3) is 0 Å². The predicted octanol–water partition coefficient (Wildman–Crippen LogP) is 1.59. The van der Waals surface area contributed by atoms with Crippen LogP contribution in [-0.4, -0.2) is 26.5 Å². The number of nitrogens with one attached hydrogen (secondary N) is 2. The summed E-state index contributed by atoms with van der Waals surface area (Å²) in [6.45, 7) is 3.88. The Morgan fingerprint density at radius 2 is 2.18 bits per heavy atom. The number of sulfonamides is 1. The molecule has 5 nitrogen and oxygen atoms in total. The van der Waals surface area contributed by atoms with Crippen molar-refractivity contribution in [1.82, 2.24) is 9.71 Å². The highest BCUT2D eigenvalue weighted by Gasteiger charge is 2.20. The van der Waals surface area contributed by atoms with Crippen LogP contribution in [0.4, 0.5) is 5.82 Å². The summed E-state index contributed by atoms with van der Waals surface area (Å²) in [6, 6.07) is 3.08. The van der Waals surface area contributed by atoms with Crippen molar-refractivity contribution in [1.29, 1.82) is 0 Å². The fourth-order valence-corrected chi connectivity index (χ4v) is 3.06. The van der Waals surface area contributed by atoms with Crippen LogP contribution in [0.25, 0.3) is 0 Å². The first-order valence-electron chi connectivity index (χ1n) is 5.66. The Labute approximate surface area is 103 Å². The largest absolute Gasteiger partial charge is 0.372 e. The quantitative estimate of drug-likeness (QED) is 0.812. The van der Waals surface area contributed by atoms with Gasteiger partial charge in [0.15, 0.2) is 0 Å². The van der Waals surface area contributed by atoms with Gasteiger partial charge in [-0.3, -0.25) is 0 Å². The Bertz CT molecular complexity index is 460. The number of hydrogen-bond donors (Lipinski definition) is 2. The summed E-state index contributed by atoms with van der Waals surface area (Å²) in [5, 5.41) is 2.78. The zero-order valence-electron chi connectivity index (χ0n) is 10.4. The average molecular weight is 257 g/mol. The van der Waals surface area contributed by atoms with Crippen LogP contribution in [0.3, 0.4) is 0 Å².